The minimum absolute atomic E-state index is 0.0579. The van der Waals surface area contributed by atoms with Gasteiger partial charge < -0.3 is 5.32 Å². The third-order valence-corrected chi connectivity index (χ3v) is 6.92. The second-order valence-electron chi connectivity index (χ2n) is 7.22. The molecule has 12 heteroatoms. The number of anilines is 2. The van der Waals surface area contributed by atoms with Crippen LogP contribution in [-0.2, 0) is 16.4 Å². The van der Waals surface area contributed by atoms with Crippen molar-refractivity contribution in [2.45, 2.75) is 29.6 Å². The minimum atomic E-state index is -4.07. The van der Waals surface area contributed by atoms with Crippen LogP contribution in [0.3, 0.4) is 0 Å². The number of hydrogen-bond donors (Lipinski definition) is 3. The van der Waals surface area contributed by atoms with E-state index >= 15 is 0 Å². The van der Waals surface area contributed by atoms with Crippen LogP contribution in [0.4, 0.5) is 17.1 Å². The lowest BCUT2D eigenvalue weighted by Gasteiger charge is -2.14. The first-order chi connectivity index (χ1) is 16.0. The first-order valence-corrected chi connectivity index (χ1v) is 12.6. The number of aryl methyl sites for hydroxylation is 1. The summed E-state index contributed by atoms with van der Waals surface area (Å²) in [6.45, 7) is 1.95. The molecular formula is C22H19Cl2N3O5S2. The minimum Gasteiger partial charge on any atom is -0.316 e. The summed E-state index contributed by atoms with van der Waals surface area (Å²) >= 11 is 16.1. The van der Waals surface area contributed by atoms with Crippen molar-refractivity contribution in [2.75, 3.05) is 10.0 Å². The number of thiol groups is 1. The van der Waals surface area contributed by atoms with E-state index in [9.17, 15) is 23.3 Å². The average molecular weight is 540 g/mol. The third-order valence-electron chi connectivity index (χ3n) is 4.71. The Labute approximate surface area is 211 Å². The van der Waals surface area contributed by atoms with Gasteiger partial charge in [-0.15, -0.1) is 12.6 Å². The molecule has 0 saturated carbocycles. The average Bonchev–Trinajstić information content (AvgIpc) is 2.74. The molecule has 2 N–H and O–H groups in total. The molecule has 178 valence electrons. The van der Waals surface area contributed by atoms with Crippen molar-refractivity contribution in [3.8, 4) is 0 Å². The molecule has 3 aromatic rings. The van der Waals surface area contributed by atoms with E-state index in [0.717, 1.165) is 12.0 Å². The number of carbonyl (C=O) groups excluding carboxylic acids is 1. The third kappa shape index (κ3) is 6.01. The van der Waals surface area contributed by atoms with Gasteiger partial charge in [0.1, 0.15) is 5.69 Å². The van der Waals surface area contributed by atoms with Gasteiger partial charge in [0.15, 0.2) is 0 Å². The lowest BCUT2D eigenvalue weighted by atomic mass is 10.1. The summed E-state index contributed by atoms with van der Waals surface area (Å²) in [7, 11) is -4.07. The van der Waals surface area contributed by atoms with Crippen molar-refractivity contribution in [1.29, 1.82) is 0 Å². The van der Waals surface area contributed by atoms with Gasteiger partial charge in [-0.3, -0.25) is 19.6 Å². The van der Waals surface area contributed by atoms with E-state index in [2.05, 4.69) is 22.7 Å². The molecule has 0 atom stereocenters. The van der Waals surface area contributed by atoms with Crippen LogP contribution in [0.5, 0.6) is 0 Å². The highest BCUT2D eigenvalue weighted by Crippen LogP contribution is 2.34. The number of benzene rings is 3. The quantitative estimate of drug-likeness (QED) is 0.179. The van der Waals surface area contributed by atoms with E-state index < -0.39 is 20.9 Å². The van der Waals surface area contributed by atoms with Crippen LogP contribution in [0.15, 0.2) is 64.4 Å². The molecule has 0 fully saturated rings. The molecule has 0 aliphatic rings. The Kier molecular flexibility index (Phi) is 8.09. The number of nitrogens with zero attached hydrogens (tertiary/aromatic N) is 1. The van der Waals surface area contributed by atoms with E-state index in [4.69, 9.17) is 23.2 Å². The summed E-state index contributed by atoms with van der Waals surface area (Å²) in [6, 6.07) is 12.6. The van der Waals surface area contributed by atoms with Crippen molar-refractivity contribution < 1.29 is 18.1 Å². The predicted octanol–water partition coefficient (Wildman–Crippen LogP) is 6.20. The number of carbonyl (C=O) groups is 1. The Bertz CT molecular complexity index is 1360. The number of nitro groups is 1. The molecule has 3 aromatic carbocycles. The Morgan fingerprint density at radius 1 is 1.03 bits per heavy atom. The normalized spacial score (nSPS) is 11.2. The molecule has 0 spiro atoms. The summed E-state index contributed by atoms with van der Waals surface area (Å²) in [4.78, 5) is 24.1. The van der Waals surface area contributed by atoms with Gasteiger partial charge >= 0.3 is 5.69 Å². The molecule has 0 heterocycles. The fraction of sp³-hybridized carbons (Fsp3) is 0.136. The summed E-state index contributed by atoms with van der Waals surface area (Å²) in [6.07, 6.45) is 1.40. The van der Waals surface area contributed by atoms with Crippen LogP contribution in [0.25, 0.3) is 0 Å². The van der Waals surface area contributed by atoms with Crippen LogP contribution in [0.2, 0.25) is 10.0 Å². The zero-order valence-corrected chi connectivity index (χ0v) is 20.9. The first kappa shape index (κ1) is 25.8. The maximum Gasteiger partial charge on any atom is 0.305 e. The summed E-state index contributed by atoms with van der Waals surface area (Å²) in [5, 5.41) is 14.6. The maximum atomic E-state index is 13.1. The Hall–Kier alpha value is -2.79. The van der Waals surface area contributed by atoms with E-state index in [1.165, 1.54) is 48.5 Å². The van der Waals surface area contributed by atoms with Crippen LogP contribution in [0, 0.1) is 10.1 Å². The van der Waals surface area contributed by atoms with Crippen molar-refractivity contribution in [3.05, 3.63) is 85.9 Å². The SMILES string of the molecule is CCCc1cc(S)c([N+](=O)[O-])c(NC(=O)c2cc(Cl)ccc2NS(=O)(=O)c2ccc(Cl)cc2)c1. The lowest BCUT2D eigenvalue weighted by molar-refractivity contribution is -0.386. The molecule has 0 bridgehead atoms. The van der Waals surface area contributed by atoms with Crippen molar-refractivity contribution in [3.63, 3.8) is 0 Å². The summed E-state index contributed by atoms with van der Waals surface area (Å²) < 4.78 is 28.0. The highest BCUT2D eigenvalue weighted by Gasteiger charge is 2.24. The fourth-order valence-electron chi connectivity index (χ4n) is 3.20. The van der Waals surface area contributed by atoms with Crippen LogP contribution in [0.1, 0.15) is 29.3 Å². The Morgan fingerprint density at radius 3 is 2.29 bits per heavy atom. The molecule has 8 nitrogen and oxygen atoms in total. The van der Waals surface area contributed by atoms with E-state index in [1.54, 1.807) is 6.07 Å². The number of rotatable bonds is 8. The topological polar surface area (TPSA) is 118 Å². The van der Waals surface area contributed by atoms with E-state index in [-0.39, 0.29) is 37.4 Å². The Morgan fingerprint density at radius 2 is 1.68 bits per heavy atom. The first-order valence-electron chi connectivity index (χ1n) is 9.91. The van der Waals surface area contributed by atoms with Gasteiger partial charge in [-0.1, -0.05) is 36.5 Å². The number of nitrogens with one attached hydrogen (secondary N) is 2. The van der Waals surface area contributed by atoms with Gasteiger partial charge in [0, 0.05) is 10.0 Å². The van der Waals surface area contributed by atoms with Crippen molar-refractivity contribution in [2.24, 2.45) is 0 Å². The molecule has 3 rings (SSSR count). The van der Waals surface area contributed by atoms with Crippen molar-refractivity contribution in [1.82, 2.24) is 0 Å². The number of halogens is 2. The van der Waals surface area contributed by atoms with Gasteiger partial charge in [-0.05, 0) is 66.6 Å². The van der Waals surface area contributed by atoms with Crippen molar-refractivity contribution >= 4 is 68.8 Å². The molecule has 0 aliphatic carbocycles. The Balaban J connectivity index is 2.00. The standard InChI is InChI=1S/C22H19Cl2N3O5S2/c1-2-3-13-10-19(21(27(29)30)20(33)11-13)25-22(28)17-12-15(24)6-9-18(17)26-34(31,32)16-7-4-14(23)5-8-16/h4-12,26,33H,2-3H2,1H3,(H,25,28). The smallest absolute Gasteiger partial charge is 0.305 e. The van der Waals surface area contributed by atoms with Gasteiger partial charge in [-0.25, -0.2) is 8.42 Å². The second kappa shape index (κ2) is 10.6. The molecule has 0 saturated heterocycles. The van der Waals surface area contributed by atoms with Gasteiger partial charge in [0.2, 0.25) is 0 Å². The molecule has 34 heavy (non-hydrogen) atoms. The van der Waals surface area contributed by atoms with Gasteiger partial charge in [-0.2, -0.15) is 0 Å². The number of hydrogen-bond acceptors (Lipinski definition) is 6. The second-order valence-corrected chi connectivity index (χ2v) is 10.3. The van der Waals surface area contributed by atoms with Crippen LogP contribution < -0.4 is 10.0 Å². The molecule has 0 unspecified atom stereocenters. The predicted molar refractivity (Wildman–Crippen MR) is 136 cm³/mol. The molecule has 1 amide bonds. The molecular weight excluding hydrogens is 521 g/mol. The largest absolute Gasteiger partial charge is 0.316 e. The molecule has 0 aromatic heterocycles. The lowest BCUT2D eigenvalue weighted by Crippen LogP contribution is -2.19. The monoisotopic (exact) mass is 539 g/mol. The summed E-state index contributed by atoms with van der Waals surface area (Å²) in [5.74, 6) is -0.791. The summed E-state index contributed by atoms with van der Waals surface area (Å²) in [5.41, 5.74) is 0.138. The number of amides is 1. The zero-order valence-electron chi connectivity index (χ0n) is 17.7. The van der Waals surface area contributed by atoms with E-state index in [1.807, 2.05) is 6.92 Å². The van der Waals surface area contributed by atoms with E-state index in [0.29, 0.717) is 11.4 Å². The van der Waals surface area contributed by atoms with Crippen LogP contribution >= 0.6 is 35.8 Å². The molecule has 0 aliphatic heterocycles. The molecule has 0 radical (unpaired) electrons. The number of nitro benzene ring substituents is 1. The van der Waals surface area contributed by atoms with Crippen LogP contribution in [-0.4, -0.2) is 19.2 Å². The fourth-order valence-corrected chi connectivity index (χ4v) is 4.94. The highest BCUT2D eigenvalue weighted by molar-refractivity contribution is 7.92. The number of sulfonamides is 1. The zero-order chi connectivity index (χ0) is 25.0. The highest BCUT2D eigenvalue weighted by atomic mass is 35.5. The van der Waals surface area contributed by atoms with Gasteiger partial charge in [0.05, 0.1) is 26.0 Å². The van der Waals surface area contributed by atoms with Gasteiger partial charge in [0.25, 0.3) is 15.9 Å². The maximum absolute atomic E-state index is 13.1.